The van der Waals surface area contributed by atoms with E-state index in [1.807, 2.05) is 80.6 Å². The molecular formula is C30H33ClN2O4. The molecule has 3 aromatic carbocycles. The summed E-state index contributed by atoms with van der Waals surface area (Å²) in [6.45, 7) is 5.08. The third-order valence-electron chi connectivity index (χ3n) is 6.32. The van der Waals surface area contributed by atoms with Gasteiger partial charge in [-0.1, -0.05) is 80.0 Å². The standard InChI is InChI=1S/C30H33ClN2O4/c1-21(2)18-32-30(35)26(16-22-8-4-3-5-9-22)33(19-24-10-6-7-11-25(24)31)29(34)15-13-23-12-14-27-28(17-23)37-20-36-27/h3-12,14,17,21,26H,13,15-16,18-20H2,1-2H3,(H,32,35)/t26-/m0/s1. The summed E-state index contributed by atoms with van der Waals surface area (Å²) in [5.74, 6) is 1.41. The normalized spacial score (nSPS) is 12.9. The lowest BCUT2D eigenvalue weighted by atomic mass is 10.0. The zero-order chi connectivity index (χ0) is 26.2. The number of hydrogen-bond acceptors (Lipinski definition) is 4. The molecule has 1 heterocycles. The Kier molecular flexibility index (Phi) is 9.07. The molecule has 37 heavy (non-hydrogen) atoms. The summed E-state index contributed by atoms with van der Waals surface area (Å²) < 4.78 is 10.9. The molecule has 0 fully saturated rings. The highest BCUT2D eigenvalue weighted by molar-refractivity contribution is 6.31. The third kappa shape index (κ3) is 7.26. The maximum atomic E-state index is 13.8. The van der Waals surface area contributed by atoms with Crippen LogP contribution in [-0.4, -0.2) is 36.1 Å². The molecule has 1 N–H and O–H groups in total. The number of carbonyl (C=O) groups excluding carboxylic acids is 2. The summed E-state index contributed by atoms with van der Waals surface area (Å²) in [6.07, 6.45) is 1.16. The molecule has 3 aromatic rings. The van der Waals surface area contributed by atoms with Gasteiger partial charge in [-0.2, -0.15) is 0 Å². The molecule has 1 aliphatic heterocycles. The minimum atomic E-state index is -0.679. The van der Waals surface area contributed by atoms with Crippen LogP contribution in [0.15, 0.2) is 72.8 Å². The Bertz CT molecular complexity index is 1220. The van der Waals surface area contributed by atoms with Crippen molar-refractivity contribution in [3.63, 3.8) is 0 Å². The third-order valence-corrected chi connectivity index (χ3v) is 6.69. The molecule has 7 heteroatoms. The topological polar surface area (TPSA) is 67.9 Å². The molecule has 1 atom stereocenters. The Balaban J connectivity index is 1.60. The molecule has 0 saturated carbocycles. The van der Waals surface area contributed by atoms with E-state index in [1.54, 1.807) is 11.0 Å². The Morgan fingerprint density at radius 3 is 2.43 bits per heavy atom. The Hall–Kier alpha value is -3.51. The van der Waals surface area contributed by atoms with E-state index in [0.29, 0.717) is 41.8 Å². The van der Waals surface area contributed by atoms with Gasteiger partial charge in [0, 0.05) is 31.0 Å². The molecule has 0 radical (unpaired) electrons. The van der Waals surface area contributed by atoms with E-state index in [-0.39, 0.29) is 31.6 Å². The maximum absolute atomic E-state index is 13.8. The lowest BCUT2D eigenvalue weighted by molar-refractivity contribution is -0.141. The second-order valence-corrected chi connectivity index (χ2v) is 10.1. The van der Waals surface area contributed by atoms with Gasteiger partial charge in [0.15, 0.2) is 11.5 Å². The second-order valence-electron chi connectivity index (χ2n) is 9.65. The molecule has 6 nitrogen and oxygen atoms in total. The highest BCUT2D eigenvalue weighted by Gasteiger charge is 2.30. The molecular weight excluding hydrogens is 488 g/mol. The summed E-state index contributed by atoms with van der Waals surface area (Å²) in [4.78, 5) is 29.0. The number of nitrogens with one attached hydrogen (secondary N) is 1. The Morgan fingerprint density at radius 1 is 0.946 bits per heavy atom. The van der Waals surface area contributed by atoms with Crippen LogP contribution in [0.2, 0.25) is 5.02 Å². The molecule has 0 aliphatic carbocycles. The molecule has 0 aromatic heterocycles. The fourth-order valence-electron chi connectivity index (χ4n) is 4.28. The predicted molar refractivity (Wildman–Crippen MR) is 145 cm³/mol. The number of hydrogen-bond donors (Lipinski definition) is 1. The van der Waals surface area contributed by atoms with E-state index in [4.69, 9.17) is 21.1 Å². The Morgan fingerprint density at radius 2 is 1.68 bits per heavy atom. The summed E-state index contributed by atoms with van der Waals surface area (Å²) in [5.41, 5.74) is 2.76. The number of carbonyl (C=O) groups is 2. The summed E-state index contributed by atoms with van der Waals surface area (Å²) in [6, 6.07) is 22.3. The van der Waals surface area contributed by atoms with Crippen molar-refractivity contribution in [1.82, 2.24) is 10.2 Å². The average Bonchev–Trinajstić information content (AvgIpc) is 3.37. The largest absolute Gasteiger partial charge is 0.454 e. The molecule has 0 bridgehead atoms. The molecule has 0 saturated heterocycles. The summed E-state index contributed by atoms with van der Waals surface area (Å²) in [7, 11) is 0. The van der Waals surface area contributed by atoms with Gasteiger partial charge in [0.1, 0.15) is 6.04 Å². The summed E-state index contributed by atoms with van der Waals surface area (Å²) >= 11 is 6.48. The van der Waals surface area contributed by atoms with E-state index >= 15 is 0 Å². The van der Waals surface area contributed by atoms with Gasteiger partial charge < -0.3 is 19.7 Å². The van der Waals surface area contributed by atoms with Crippen LogP contribution in [-0.2, 0) is 29.0 Å². The number of fused-ring (bicyclic) bond motifs is 1. The first-order chi connectivity index (χ1) is 17.9. The Labute approximate surface area is 223 Å². The SMILES string of the molecule is CC(C)CNC(=O)[C@H](Cc1ccccc1)N(Cc1ccccc1Cl)C(=O)CCc1ccc2c(c1)OCO2. The fourth-order valence-corrected chi connectivity index (χ4v) is 4.47. The van der Waals surface area contributed by atoms with Gasteiger partial charge in [-0.05, 0) is 47.2 Å². The van der Waals surface area contributed by atoms with Gasteiger partial charge in [-0.25, -0.2) is 0 Å². The van der Waals surface area contributed by atoms with Crippen molar-refractivity contribution in [2.75, 3.05) is 13.3 Å². The van der Waals surface area contributed by atoms with Crippen molar-refractivity contribution in [2.45, 2.75) is 45.7 Å². The van der Waals surface area contributed by atoms with E-state index < -0.39 is 6.04 Å². The highest BCUT2D eigenvalue weighted by Crippen LogP contribution is 2.33. The summed E-state index contributed by atoms with van der Waals surface area (Å²) in [5, 5.41) is 3.61. The number of nitrogens with zero attached hydrogens (tertiary/aromatic N) is 1. The van der Waals surface area contributed by atoms with Crippen LogP contribution >= 0.6 is 11.6 Å². The van der Waals surface area contributed by atoms with Crippen molar-refractivity contribution in [2.24, 2.45) is 5.92 Å². The van der Waals surface area contributed by atoms with Crippen LogP contribution in [0, 0.1) is 5.92 Å². The monoisotopic (exact) mass is 520 g/mol. The number of benzene rings is 3. The quantitative estimate of drug-likeness (QED) is 0.367. The van der Waals surface area contributed by atoms with Crippen LogP contribution in [0.5, 0.6) is 11.5 Å². The van der Waals surface area contributed by atoms with Crippen LogP contribution < -0.4 is 14.8 Å². The van der Waals surface area contributed by atoms with Crippen LogP contribution in [0.25, 0.3) is 0 Å². The van der Waals surface area contributed by atoms with E-state index in [2.05, 4.69) is 5.32 Å². The lowest BCUT2D eigenvalue weighted by Crippen LogP contribution is -2.51. The second kappa shape index (κ2) is 12.6. The number of aryl methyl sites for hydroxylation is 1. The first-order valence-electron chi connectivity index (χ1n) is 12.6. The lowest BCUT2D eigenvalue weighted by Gasteiger charge is -2.32. The van der Waals surface area contributed by atoms with E-state index in [0.717, 1.165) is 16.7 Å². The van der Waals surface area contributed by atoms with Crippen molar-refractivity contribution in [3.05, 3.63) is 94.5 Å². The van der Waals surface area contributed by atoms with Crippen molar-refractivity contribution in [3.8, 4) is 11.5 Å². The van der Waals surface area contributed by atoms with Crippen LogP contribution in [0.4, 0.5) is 0 Å². The minimum absolute atomic E-state index is 0.113. The molecule has 4 rings (SSSR count). The molecule has 1 aliphatic rings. The number of amides is 2. The average molecular weight is 521 g/mol. The van der Waals surface area contributed by atoms with Crippen molar-refractivity contribution >= 4 is 23.4 Å². The first kappa shape index (κ1) is 26.6. The van der Waals surface area contributed by atoms with Gasteiger partial charge in [0.2, 0.25) is 18.6 Å². The number of rotatable bonds is 11. The first-order valence-corrected chi connectivity index (χ1v) is 13.0. The zero-order valence-corrected chi connectivity index (χ0v) is 22.0. The molecule has 0 spiro atoms. The van der Waals surface area contributed by atoms with E-state index in [1.165, 1.54) is 0 Å². The minimum Gasteiger partial charge on any atom is -0.454 e. The van der Waals surface area contributed by atoms with Crippen molar-refractivity contribution in [1.29, 1.82) is 0 Å². The van der Waals surface area contributed by atoms with Gasteiger partial charge in [-0.15, -0.1) is 0 Å². The molecule has 0 unspecified atom stereocenters. The van der Waals surface area contributed by atoms with Gasteiger partial charge in [0.25, 0.3) is 0 Å². The predicted octanol–water partition coefficient (Wildman–Crippen LogP) is 5.41. The number of ether oxygens (including phenoxy) is 2. The van der Waals surface area contributed by atoms with Gasteiger partial charge in [0.05, 0.1) is 0 Å². The number of halogens is 1. The van der Waals surface area contributed by atoms with Crippen molar-refractivity contribution < 1.29 is 19.1 Å². The maximum Gasteiger partial charge on any atom is 0.243 e. The van der Waals surface area contributed by atoms with E-state index in [9.17, 15) is 9.59 Å². The molecule has 2 amide bonds. The van der Waals surface area contributed by atoms with Gasteiger partial charge in [-0.3, -0.25) is 9.59 Å². The molecule has 194 valence electrons. The smallest absolute Gasteiger partial charge is 0.243 e. The van der Waals surface area contributed by atoms with Crippen LogP contribution in [0.3, 0.4) is 0 Å². The van der Waals surface area contributed by atoms with Crippen LogP contribution in [0.1, 0.15) is 37.0 Å². The zero-order valence-electron chi connectivity index (χ0n) is 21.3. The fraction of sp³-hybridized carbons (Fsp3) is 0.333. The van der Waals surface area contributed by atoms with Gasteiger partial charge >= 0.3 is 0 Å². The highest BCUT2D eigenvalue weighted by atomic mass is 35.5.